The Morgan fingerprint density at radius 1 is 1.45 bits per heavy atom. The summed E-state index contributed by atoms with van der Waals surface area (Å²) in [5.74, 6) is -0.0962. The van der Waals surface area contributed by atoms with E-state index in [2.05, 4.69) is 11.9 Å². The lowest BCUT2D eigenvalue weighted by Crippen LogP contribution is -1.88. The molecule has 0 aromatic carbocycles. The van der Waals surface area contributed by atoms with Crippen LogP contribution in [0.5, 0.6) is 0 Å². The molecule has 1 heterocycles. The van der Waals surface area contributed by atoms with Gasteiger partial charge in [-0.15, -0.1) is 0 Å². The topological polar surface area (TPSA) is 15.8 Å². The Labute approximate surface area is 66.6 Å². The molecule has 0 aliphatic carbocycles. The third-order valence-electron chi connectivity index (χ3n) is 1.81. The molecule has 0 atom stereocenters. The minimum atomic E-state index is -0.0962. The van der Waals surface area contributed by atoms with E-state index in [9.17, 15) is 4.39 Å². The molecule has 0 amide bonds. The van der Waals surface area contributed by atoms with Gasteiger partial charge in [0.25, 0.3) is 0 Å². The molecule has 62 valence electrons. The fraction of sp³-hybridized carbons (Fsp3) is 0.556. The van der Waals surface area contributed by atoms with Crippen LogP contribution in [0, 0.1) is 5.82 Å². The van der Waals surface area contributed by atoms with Crippen molar-refractivity contribution in [2.45, 2.75) is 32.6 Å². The summed E-state index contributed by atoms with van der Waals surface area (Å²) >= 11 is 0. The summed E-state index contributed by atoms with van der Waals surface area (Å²) in [7, 11) is 0. The Kier molecular flexibility index (Phi) is 3.14. The first kappa shape index (κ1) is 8.31. The Bertz CT molecular complexity index is 205. The van der Waals surface area contributed by atoms with Crippen LogP contribution in [0.25, 0.3) is 0 Å². The van der Waals surface area contributed by atoms with Crippen molar-refractivity contribution in [1.82, 2.24) is 4.98 Å². The number of aromatic amines is 1. The number of H-pyrrole nitrogens is 1. The van der Waals surface area contributed by atoms with Gasteiger partial charge in [0.1, 0.15) is 5.82 Å². The van der Waals surface area contributed by atoms with E-state index in [0.717, 1.165) is 18.5 Å². The highest BCUT2D eigenvalue weighted by Crippen LogP contribution is 2.08. The van der Waals surface area contributed by atoms with Crippen LogP contribution in [-0.4, -0.2) is 4.98 Å². The van der Waals surface area contributed by atoms with Crippen molar-refractivity contribution in [2.24, 2.45) is 0 Å². The summed E-state index contributed by atoms with van der Waals surface area (Å²) < 4.78 is 12.7. The standard InChI is InChI=1S/C9H14FN/c1-2-3-4-5-9-8(10)6-7-11-9/h6-7,11H,2-5H2,1H3. The summed E-state index contributed by atoms with van der Waals surface area (Å²) in [5.41, 5.74) is 0.749. The fourth-order valence-electron chi connectivity index (χ4n) is 1.13. The lowest BCUT2D eigenvalue weighted by atomic mass is 10.1. The number of unbranched alkanes of at least 4 members (excludes halogenated alkanes) is 2. The normalized spacial score (nSPS) is 10.4. The lowest BCUT2D eigenvalue weighted by Gasteiger charge is -1.96. The highest BCUT2D eigenvalue weighted by molar-refractivity contribution is 5.07. The Morgan fingerprint density at radius 2 is 2.27 bits per heavy atom. The molecule has 1 aromatic rings. The molecule has 0 fully saturated rings. The van der Waals surface area contributed by atoms with Gasteiger partial charge in [-0.2, -0.15) is 0 Å². The number of hydrogen-bond acceptors (Lipinski definition) is 0. The molecule has 1 aromatic heterocycles. The van der Waals surface area contributed by atoms with Gasteiger partial charge < -0.3 is 4.98 Å². The van der Waals surface area contributed by atoms with Crippen molar-refractivity contribution in [3.63, 3.8) is 0 Å². The molecule has 0 saturated heterocycles. The predicted octanol–water partition coefficient (Wildman–Crippen LogP) is 2.89. The SMILES string of the molecule is CCCCCc1[nH]ccc1F. The molecule has 2 heteroatoms. The third-order valence-corrected chi connectivity index (χ3v) is 1.81. The smallest absolute Gasteiger partial charge is 0.143 e. The number of halogens is 1. The molecule has 1 N–H and O–H groups in total. The second kappa shape index (κ2) is 4.16. The van der Waals surface area contributed by atoms with Crippen molar-refractivity contribution in [3.8, 4) is 0 Å². The van der Waals surface area contributed by atoms with E-state index in [1.807, 2.05) is 0 Å². The van der Waals surface area contributed by atoms with E-state index < -0.39 is 0 Å². The molecule has 0 spiro atoms. The zero-order valence-electron chi connectivity index (χ0n) is 6.86. The summed E-state index contributed by atoms with van der Waals surface area (Å²) in [6, 6.07) is 1.47. The van der Waals surface area contributed by atoms with Crippen molar-refractivity contribution in [2.75, 3.05) is 0 Å². The predicted molar refractivity (Wildman–Crippen MR) is 44.0 cm³/mol. The lowest BCUT2D eigenvalue weighted by molar-refractivity contribution is 0.597. The Balaban J connectivity index is 2.32. The maximum absolute atomic E-state index is 12.7. The first-order chi connectivity index (χ1) is 5.34. The van der Waals surface area contributed by atoms with E-state index >= 15 is 0 Å². The molecule has 0 aliphatic heterocycles. The van der Waals surface area contributed by atoms with Gasteiger partial charge in [0, 0.05) is 6.20 Å². The molecule has 1 rings (SSSR count). The van der Waals surface area contributed by atoms with Crippen LogP contribution in [0.2, 0.25) is 0 Å². The van der Waals surface area contributed by atoms with Crippen LogP contribution in [0.15, 0.2) is 12.3 Å². The zero-order chi connectivity index (χ0) is 8.10. The summed E-state index contributed by atoms with van der Waals surface area (Å²) in [4.78, 5) is 2.89. The molecule has 1 nitrogen and oxygen atoms in total. The van der Waals surface area contributed by atoms with E-state index in [-0.39, 0.29) is 5.82 Å². The van der Waals surface area contributed by atoms with Crippen LogP contribution < -0.4 is 0 Å². The summed E-state index contributed by atoms with van der Waals surface area (Å²) in [5, 5.41) is 0. The second-order valence-electron chi connectivity index (χ2n) is 2.76. The largest absolute Gasteiger partial charge is 0.363 e. The molecule has 0 aliphatic rings. The van der Waals surface area contributed by atoms with Gasteiger partial charge >= 0.3 is 0 Å². The molecule has 0 saturated carbocycles. The summed E-state index contributed by atoms with van der Waals surface area (Å²) in [6.45, 7) is 2.14. The Hall–Kier alpha value is -0.790. The third kappa shape index (κ3) is 2.37. The first-order valence-electron chi connectivity index (χ1n) is 4.16. The van der Waals surface area contributed by atoms with Crippen molar-refractivity contribution in [1.29, 1.82) is 0 Å². The van der Waals surface area contributed by atoms with Crippen LogP contribution >= 0.6 is 0 Å². The fourth-order valence-corrected chi connectivity index (χ4v) is 1.13. The number of rotatable bonds is 4. The second-order valence-corrected chi connectivity index (χ2v) is 2.76. The van der Waals surface area contributed by atoms with E-state index in [1.54, 1.807) is 6.20 Å². The number of hydrogen-bond donors (Lipinski definition) is 1. The van der Waals surface area contributed by atoms with Gasteiger partial charge in [-0.05, 0) is 18.9 Å². The van der Waals surface area contributed by atoms with Gasteiger partial charge in [-0.25, -0.2) is 4.39 Å². The van der Waals surface area contributed by atoms with Gasteiger partial charge in [-0.1, -0.05) is 19.8 Å². The van der Waals surface area contributed by atoms with Crippen LogP contribution in [0.3, 0.4) is 0 Å². The minimum Gasteiger partial charge on any atom is -0.363 e. The summed E-state index contributed by atoms with van der Waals surface area (Å²) in [6.07, 6.45) is 5.93. The molecule has 0 bridgehead atoms. The highest BCUT2D eigenvalue weighted by Gasteiger charge is 2.00. The number of nitrogens with one attached hydrogen (secondary N) is 1. The van der Waals surface area contributed by atoms with Gasteiger partial charge in [-0.3, -0.25) is 0 Å². The number of aromatic nitrogens is 1. The van der Waals surface area contributed by atoms with Gasteiger partial charge in [0.05, 0.1) is 5.69 Å². The van der Waals surface area contributed by atoms with Crippen LogP contribution in [0.1, 0.15) is 31.9 Å². The van der Waals surface area contributed by atoms with Crippen molar-refractivity contribution < 1.29 is 4.39 Å². The average molecular weight is 155 g/mol. The molecule has 0 unspecified atom stereocenters. The Morgan fingerprint density at radius 3 is 2.82 bits per heavy atom. The molecule has 11 heavy (non-hydrogen) atoms. The van der Waals surface area contributed by atoms with Crippen molar-refractivity contribution in [3.05, 3.63) is 23.8 Å². The quantitative estimate of drug-likeness (QED) is 0.643. The van der Waals surface area contributed by atoms with Gasteiger partial charge in [0.15, 0.2) is 0 Å². The zero-order valence-corrected chi connectivity index (χ0v) is 6.86. The van der Waals surface area contributed by atoms with E-state index in [1.165, 1.54) is 18.9 Å². The molecular formula is C9H14FN. The van der Waals surface area contributed by atoms with Gasteiger partial charge in [0.2, 0.25) is 0 Å². The van der Waals surface area contributed by atoms with E-state index in [0.29, 0.717) is 0 Å². The van der Waals surface area contributed by atoms with Crippen LogP contribution in [0.4, 0.5) is 4.39 Å². The average Bonchev–Trinajstić information content (AvgIpc) is 2.37. The molecule has 0 radical (unpaired) electrons. The van der Waals surface area contributed by atoms with E-state index in [4.69, 9.17) is 0 Å². The minimum absolute atomic E-state index is 0.0962. The highest BCUT2D eigenvalue weighted by atomic mass is 19.1. The maximum Gasteiger partial charge on any atom is 0.143 e. The van der Waals surface area contributed by atoms with Crippen LogP contribution in [-0.2, 0) is 6.42 Å². The monoisotopic (exact) mass is 155 g/mol. The maximum atomic E-state index is 12.7. The molecular weight excluding hydrogens is 141 g/mol. The number of aryl methyl sites for hydroxylation is 1. The van der Waals surface area contributed by atoms with Crippen molar-refractivity contribution >= 4 is 0 Å². The first-order valence-corrected chi connectivity index (χ1v) is 4.16.